The minimum absolute atomic E-state index is 0.124. The summed E-state index contributed by atoms with van der Waals surface area (Å²) in [4.78, 5) is 38.8. The predicted octanol–water partition coefficient (Wildman–Crippen LogP) is 3.97. The fourth-order valence-electron chi connectivity index (χ4n) is 4.85. The first kappa shape index (κ1) is 25.6. The number of hydrogen-bond acceptors (Lipinski definition) is 4. The zero-order chi connectivity index (χ0) is 25.4. The Kier molecular flexibility index (Phi) is 7.31. The van der Waals surface area contributed by atoms with E-state index in [2.05, 4.69) is 10.6 Å². The van der Waals surface area contributed by atoms with Gasteiger partial charge in [0.2, 0.25) is 0 Å². The van der Waals surface area contributed by atoms with Gasteiger partial charge in [0.1, 0.15) is 5.82 Å². The molecule has 0 aliphatic heterocycles. The van der Waals surface area contributed by atoms with Crippen LogP contribution < -0.4 is 10.6 Å². The summed E-state index contributed by atoms with van der Waals surface area (Å²) in [5.41, 5.74) is 1.54. The van der Waals surface area contributed by atoms with E-state index in [0.717, 1.165) is 12.8 Å². The summed E-state index contributed by atoms with van der Waals surface area (Å²) < 4.78 is 15.1. The van der Waals surface area contributed by atoms with Crippen molar-refractivity contribution in [3.63, 3.8) is 0 Å². The fraction of sp³-hybridized carbons (Fsp3) is 0.500. The smallest absolute Gasteiger partial charge is 0.294 e. The van der Waals surface area contributed by atoms with Crippen LogP contribution in [0.4, 0.5) is 10.1 Å². The van der Waals surface area contributed by atoms with Crippen molar-refractivity contribution in [1.82, 2.24) is 9.88 Å². The largest absolute Gasteiger partial charge is 0.390 e. The van der Waals surface area contributed by atoms with Gasteiger partial charge in [-0.1, -0.05) is 0 Å². The molecule has 0 saturated heterocycles. The van der Waals surface area contributed by atoms with Crippen LogP contribution in [0.15, 0.2) is 18.2 Å². The molecule has 0 unspecified atom stereocenters. The molecule has 1 saturated carbocycles. The first-order chi connectivity index (χ1) is 15.8. The molecule has 3 N–H and O–H groups in total. The molecule has 0 spiro atoms. The molecule has 8 heteroatoms. The topological polar surface area (TPSA) is 100 Å². The van der Waals surface area contributed by atoms with Gasteiger partial charge in [0, 0.05) is 24.5 Å². The van der Waals surface area contributed by atoms with Gasteiger partial charge in [-0.2, -0.15) is 0 Å². The van der Waals surface area contributed by atoms with Gasteiger partial charge in [0.05, 0.1) is 16.9 Å². The van der Waals surface area contributed by atoms with Crippen molar-refractivity contribution in [3.05, 3.63) is 52.1 Å². The number of Topliss-reactive ketones (excluding diaryl/α,β-unsaturated/α-hetero) is 1. The predicted molar refractivity (Wildman–Crippen MR) is 128 cm³/mol. The van der Waals surface area contributed by atoms with E-state index >= 15 is 0 Å². The number of rotatable bonds is 6. The lowest BCUT2D eigenvalue weighted by Crippen LogP contribution is -2.44. The summed E-state index contributed by atoms with van der Waals surface area (Å²) in [7, 11) is 1.65. The first-order valence-corrected chi connectivity index (χ1v) is 11.6. The van der Waals surface area contributed by atoms with Gasteiger partial charge in [-0.25, -0.2) is 4.39 Å². The highest BCUT2D eigenvalue weighted by molar-refractivity contribution is 6.43. The van der Waals surface area contributed by atoms with E-state index in [1.54, 1.807) is 46.2 Å². The van der Waals surface area contributed by atoms with E-state index in [4.69, 9.17) is 0 Å². The zero-order valence-corrected chi connectivity index (χ0v) is 20.7. The van der Waals surface area contributed by atoms with Crippen molar-refractivity contribution in [2.75, 3.05) is 5.32 Å². The Balaban J connectivity index is 1.74. The molecule has 184 valence electrons. The standard InChI is InChI=1S/C26H34FN3O4/c1-14-13-19(11-12-20(14)27)29-24(32)21-15(2)22(30(6)16(21)3)23(31)25(33)28-18-9-7-17(8-10-18)26(4,5)34/h11-13,17-18,34H,7-10H2,1-6H3,(H,28,33)(H,29,32). The van der Waals surface area contributed by atoms with E-state index in [1.807, 2.05) is 0 Å². The Morgan fingerprint density at radius 1 is 1.09 bits per heavy atom. The summed E-state index contributed by atoms with van der Waals surface area (Å²) in [6, 6.07) is 4.16. The van der Waals surface area contributed by atoms with Gasteiger partial charge in [-0.15, -0.1) is 0 Å². The van der Waals surface area contributed by atoms with E-state index in [0.29, 0.717) is 40.9 Å². The van der Waals surface area contributed by atoms with Gasteiger partial charge < -0.3 is 20.3 Å². The summed E-state index contributed by atoms with van der Waals surface area (Å²) in [5, 5.41) is 15.8. The Labute approximate surface area is 199 Å². The van der Waals surface area contributed by atoms with Crippen molar-refractivity contribution in [2.24, 2.45) is 13.0 Å². The quantitative estimate of drug-likeness (QED) is 0.438. The summed E-state index contributed by atoms with van der Waals surface area (Å²) >= 11 is 0. The second-order valence-corrected chi connectivity index (χ2v) is 9.92. The summed E-state index contributed by atoms with van der Waals surface area (Å²) in [5.74, 6) is -2.01. The van der Waals surface area contributed by atoms with Crippen LogP contribution in [0.5, 0.6) is 0 Å². The van der Waals surface area contributed by atoms with Crippen molar-refractivity contribution >= 4 is 23.3 Å². The van der Waals surface area contributed by atoms with Crippen LogP contribution in [0, 0.1) is 32.5 Å². The van der Waals surface area contributed by atoms with Crippen molar-refractivity contribution in [3.8, 4) is 0 Å². The SMILES string of the molecule is Cc1cc(NC(=O)c2c(C)c(C(=O)C(=O)NC3CCC(C(C)(C)O)CC3)n(C)c2C)ccc1F. The zero-order valence-electron chi connectivity index (χ0n) is 20.7. The molecular weight excluding hydrogens is 437 g/mol. The second-order valence-electron chi connectivity index (χ2n) is 9.92. The van der Waals surface area contributed by atoms with Crippen LogP contribution in [-0.4, -0.2) is 38.9 Å². The number of nitrogens with one attached hydrogen (secondary N) is 2. The highest BCUT2D eigenvalue weighted by atomic mass is 19.1. The van der Waals surface area contributed by atoms with E-state index in [9.17, 15) is 23.9 Å². The molecule has 2 amide bonds. The molecule has 2 aromatic rings. The molecule has 1 aromatic carbocycles. The van der Waals surface area contributed by atoms with Gasteiger partial charge in [-0.3, -0.25) is 14.4 Å². The van der Waals surface area contributed by atoms with Crippen molar-refractivity contribution in [2.45, 2.75) is 71.9 Å². The van der Waals surface area contributed by atoms with E-state index in [1.165, 1.54) is 18.2 Å². The maximum Gasteiger partial charge on any atom is 0.294 e. The summed E-state index contributed by atoms with van der Waals surface area (Å²) in [6.07, 6.45) is 2.95. The highest BCUT2D eigenvalue weighted by Gasteiger charge is 2.34. The molecule has 3 rings (SSSR count). The second kappa shape index (κ2) is 9.70. The third-order valence-corrected chi connectivity index (χ3v) is 7.06. The molecular formula is C26H34FN3O4. The minimum Gasteiger partial charge on any atom is -0.390 e. The van der Waals surface area contributed by atoms with Crippen molar-refractivity contribution < 1.29 is 23.9 Å². The first-order valence-electron chi connectivity index (χ1n) is 11.6. The number of aliphatic hydroxyl groups is 1. The lowest BCUT2D eigenvalue weighted by molar-refractivity contribution is -0.118. The number of carbonyl (C=O) groups is 3. The van der Waals surface area contributed by atoms with Crippen LogP contribution in [-0.2, 0) is 11.8 Å². The van der Waals surface area contributed by atoms with Crippen LogP contribution in [0.2, 0.25) is 0 Å². The number of aryl methyl sites for hydroxylation is 1. The number of amides is 2. The lowest BCUT2D eigenvalue weighted by atomic mass is 9.77. The molecule has 1 aromatic heterocycles. The maximum absolute atomic E-state index is 13.5. The number of hydrogen-bond donors (Lipinski definition) is 3. The number of anilines is 1. The number of benzene rings is 1. The minimum atomic E-state index is -0.758. The monoisotopic (exact) mass is 471 g/mol. The fourth-order valence-corrected chi connectivity index (χ4v) is 4.85. The Morgan fingerprint density at radius 3 is 2.26 bits per heavy atom. The molecule has 1 aliphatic carbocycles. The number of aromatic nitrogens is 1. The average molecular weight is 472 g/mol. The van der Waals surface area contributed by atoms with Gasteiger partial charge in [-0.05, 0) is 95.5 Å². The molecule has 7 nitrogen and oxygen atoms in total. The summed E-state index contributed by atoms with van der Waals surface area (Å²) in [6.45, 7) is 8.56. The molecule has 1 fully saturated rings. The van der Waals surface area contributed by atoms with Gasteiger partial charge in [0.15, 0.2) is 0 Å². The van der Waals surface area contributed by atoms with Gasteiger partial charge in [0.25, 0.3) is 17.6 Å². The van der Waals surface area contributed by atoms with Gasteiger partial charge >= 0.3 is 0 Å². The Hall–Kier alpha value is -3.00. The Morgan fingerprint density at radius 2 is 1.71 bits per heavy atom. The molecule has 34 heavy (non-hydrogen) atoms. The van der Waals surface area contributed by atoms with E-state index < -0.39 is 23.2 Å². The molecule has 0 bridgehead atoms. The number of carbonyl (C=O) groups excluding carboxylic acids is 3. The maximum atomic E-state index is 13.5. The average Bonchev–Trinajstić information content (AvgIpc) is 2.98. The third-order valence-electron chi connectivity index (χ3n) is 7.06. The normalized spacial score (nSPS) is 18.5. The number of nitrogens with zero attached hydrogens (tertiary/aromatic N) is 1. The highest BCUT2D eigenvalue weighted by Crippen LogP contribution is 2.32. The molecule has 0 atom stereocenters. The van der Waals surface area contributed by atoms with Crippen molar-refractivity contribution in [1.29, 1.82) is 0 Å². The molecule has 1 heterocycles. The van der Waals surface area contributed by atoms with Crippen LogP contribution in [0.3, 0.4) is 0 Å². The molecule has 0 radical (unpaired) electrons. The number of ketones is 1. The van der Waals surface area contributed by atoms with E-state index in [-0.39, 0.29) is 23.5 Å². The van der Waals surface area contributed by atoms with Crippen LogP contribution in [0.1, 0.15) is 77.2 Å². The molecule has 1 aliphatic rings. The van der Waals surface area contributed by atoms with Crippen LogP contribution >= 0.6 is 0 Å². The number of halogens is 1. The van der Waals surface area contributed by atoms with Crippen LogP contribution in [0.25, 0.3) is 0 Å². The lowest BCUT2D eigenvalue weighted by Gasteiger charge is -2.35. The Bertz CT molecular complexity index is 1120. The third kappa shape index (κ3) is 5.22.